The molecule has 0 unspecified atom stereocenters. The molecule has 0 saturated carbocycles. The Kier molecular flexibility index (Phi) is 4.62. The number of H-pyrrole nitrogens is 1. The Hall–Kier alpha value is -2.46. The Labute approximate surface area is 163 Å². The molecule has 28 heavy (non-hydrogen) atoms. The van der Waals surface area contributed by atoms with Gasteiger partial charge in [0.1, 0.15) is 5.04 Å². The summed E-state index contributed by atoms with van der Waals surface area (Å²) >= 11 is 1.60. The van der Waals surface area contributed by atoms with Crippen LogP contribution in [0.2, 0.25) is 0 Å². The van der Waals surface area contributed by atoms with Crippen LogP contribution in [0.15, 0.2) is 58.4 Å². The molecular weight excluding hydrogens is 411 g/mol. The van der Waals surface area contributed by atoms with Crippen molar-refractivity contribution in [1.82, 2.24) is 4.98 Å². The summed E-state index contributed by atoms with van der Waals surface area (Å²) in [6.45, 7) is 0.727. The summed E-state index contributed by atoms with van der Waals surface area (Å²) in [5, 5.41) is 1.62. The minimum Gasteiger partial charge on any atom is -0.351 e. The number of anilines is 1. The van der Waals surface area contributed by atoms with Crippen molar-refractivity contribution >= 4 is 43.4 Å². The average molecular weight is 425 g/mol. The maximum absolute atomic E-state index is 12.9. The number of aromatic nitrogens is 1. The number of aromatic amines is 1. The molecule has 5 nitrogen and oxygen atoms in total. The third kappa shape index (κ3) is 3.61. The maximum atomic E-state index is 12.9. The van der Waals surface area contributed by atoms with E-state index in [0.717, 1.165) is 46.6 Å². The molecule has 0 fully saturated rings. The van der Waals surface area contributed by atoms with Crippen LogP contribution in [0.4, 0.5) is 18.9 Å². The van der Waals surface area contributed by atoms with Crippen molar-refractivity contribution < 1.29 is 21.6 Å². The van der Waals surface area contributed by atoms with Crippen LogP contribution < -0.4 is 4.72 Å². The normalized spacial score (nSPS) is 15.0. The summed E-state index contributed by atoms with van der Waals surface area (Å²) in [7, 11) is -4.20. The monoisotopic (exact) mass is 425 g/mol. The number of fused-ring (bicyclic) bond motifs is 1. The van der Waals surface area contributed by atoms with E-state index in [1.807, 2.05) is 12.1 Å². The van der Waals surface area contributed by atoms with Crippen LogP contribution in [0.5, 0.6) is 0 Å². The van der Waals surface area contributed by atoms with E-state index in [0.29, 0.717) is 11.6 Å². The standard InChI is InChI=1S/C18H14F3N3O2S2/c19-18(20,21)12-4-2-5-13(10-12)28(25,26)24-14-6-1-3-11-9-15(23-16(11)14)17-22-7-8-27-17/h1-6,9-10,23-24H,7-8H2. The fourth-order valence-electron chi connectivity index (χ4n) is 2.90. The van der Waals surface area contributed by atoms with Gasteiger partial charge in [0.05, 0.1) is 27.4 Å². The van der Waals surface area contributed by atoms with Crippen LogP contribution in [-0.4, -0.2) is 30.7 Å². The van der Waals surface area contributed by atoms with E-state index in [9.17, 15) is 21.6 Å². The van der Waals surface area contributed by atoms with E-state index in [-0.39, 0.29) is 5.69 Å². The highest BCUT2D eigenvalue weighted by Gasteiger charge is 2.31. The maximum Gasteiger partial charge on any atom is 0.416 e. The van der Waals surface area contributed by atoms with Crippen LogP contribution >= 0.6 is 11.8 Å². The van der Waals surface area contributed by atoms with Crippen molar-refractivity contribution in [1.29, 1.82) is 0 Å². The summed E-state index contributed by atoms with van der Waals surface area (Å²) < 4.78 is 66.4. The third-order valence-corrected chi connectivity index (χ3v) is 6.56. The zero-order chi connectivity index (χ0) is 19.9. The van der Waals surface area contributed by atoms with Gasteiger partial charge in [-0.3, -0.25) is 9.71 Å². The van der Waals surface area contributed by atoms with Crippen molar-refractivity contribution in [3.05, 3.63) is 59.8 Å². The number of para-hydroxylation sites is 1. The van der Waals surface area contributed by atoms with Gasteiger partial charge in [-0.2, -0.15) is 13.2 Å². The molecule has 146 valence electrons. The van der Waals surface area contributed by atoms with Crippen molar-refractivity contribution in [2.45, 2.75) is 11.1 Å². The topological polar surface area (TPSA) is 74.3 Å². The Balaban J connectivity index is 1.71. The molecule has 0 amide bonds. The lowest BCUT2D eigenvalue weighted by Gasteiger charge is -2.11. The molecule has 0 saturated heterocycles. The third-order valence-electron chi connectivity index (χ3n) is 4.19. The van der Waals surface area contributed by atoms with Crippen LogP contribution in [0.1, 0.15) is 11.3 Å². The number of hydrogen-bond donors (Lipinski definition) is 2. The van der Waals surface area contributed by atoms with Crippen LogP contribution in [0, 0.1) is 0 Å². The predicted octanol–water partition coefficient (Wildman–Crippen LogP) is 4.48. The molecule has 2 N–H and O–H groups in total. The zero-order valence-electron chi connectivity index (χ0n) is 14.2. The van der Waals surface area contributed by atoms with E-state index in [1.54, 1.807) is 23.9 Å². The number of thioether (sulfide) groups is 1. The van der Waals surface area contributed by atoms with Crippen LogP contribution in [-0.2, 0) is 16.2 Å². The second-order valence-corrected chi connectivity index (χ2v) is 8.89. The number of hydrogen-bond acceptors (Lipinski definition) is 4. The molecule has 1 aromatic heterocycles. The van der Waals surface area contributed by atoms with E-state index in [2.05, 4.69) is 14.7 Å². The second kappa shape index (κ2) is 6.85. The summed E-state index contributed by atoms with van der Waals surface area (Å²) in [6.07, 6.45) is -4.63. The Bertz CT molecular complexity index is 1180. The number of benzene rings is 2. The summed E-state index contributed by atoms with van der Waals surface area (Å²) in [6, 6.07) is 10.6. The fraction of sp³-hybridized carbons (Fsp3) is 0.167. The van der Waals surface area contributed by atoms with Gasteiger partial charge in [-0.05, 0) is 30.3 Å². The van der Waals surface area contributed by atoms with Crippen molar-refractivity contribution in [3.8, 4) is 0 Å². The minimum absolute atomic E-state index is 0.254. The van der Waals surface area contributed by atoms with Crippen molar-refractivity contribution in [2.75, 3.05) is 17.0 Å². The molecule has 10 heteroatoms. The van der Waals surface area contributed by atoms with E-state index < -0.39 is 26.7 Å². The Morgan fingerprint density at radius 3 is 2.61 bits per heavy atom. The Morgan fingerprint density at radius 1 is 1.11 bits per heavy atom. The predicted molar refractivity (Wildman–Crippen MR) is 104 cm³/mol. The highest BCUT2D eigenvalue weighted by atomic mass is 32.2. The van der Waals surface area contributed by atoms with Gasteiger partial charge in [0.2, 0.25) is 0 Å². The number of nitrogens with zero attached hydrogens (tertiary/aromatic N) is 1. The highest BCUT2D eigenvalue weighted by Crippen LogP contribution is 2.32. The molecular formula is C18H14F3N3O2S2. The molecule has 1 aliphatic heterocycles. The smallest absolute Gasteiger partial charge is 0.351 e. The van der Waals surface area contributed by atoms with Gasteiger partial charge in [-0.15, -0.1) is 11.8 Å². The zero-order valence-corrected chi connectivity index (χ0v) is 15.9. The average Bonchev–Trinajstić information content (AvgIpc) is 3.31. The molecule has 0 atom stereocenters. The van der Waals surface area contributed by atoms with E-state index >= 15 is 0 Å². The first kappa shape index (κ1) is 18.9. The quantitative estimate of drug-likeness (QED) is 0.647. The molecule has 0 radical (unpaired) electrons. The Morgan fingerprint density at radius 2 is 1.89 bits per heavy atom. The minimum atomic E-state index is -4.63. The van der Waals surface area contributed by atoms with Gasteiger partial charge in [-0.25, -0.2) is 8.42 Å². The van der Waals surface area contributed by atoms with Gasteiger partial charge >= 0.3 is 6.18 Å². The molecule has 2 heterocycles. The highest BCUT2D eigenvalue weighted by molar-refractivity contribution is 8.14. The molecule has 2 aromatic carbocycles. The van der Waals surface area contributed by atoms with Crippen LogP contribution in [0.3, 0.4) is 0 Å². The van der Waals surface area contributed by atoms with Gasteiger partial charge < -0.3 is 4.98 Å². The lowest BCUT2D eigenvalue weighted by atomic mass is 10.2. The molecule has 0 aliphatic carbocycles. The lowest BCUT2D eigenvalue weighted by molar-refractivity contribution is -0.137. The van der Waals surface area contributed by atoms with Gasteiger partial charge in [0.15, 0.2) is 0 Å². The summed E-state index contributed by atoms with van der Waals surface area (Å²) in [5.74, 6) is 0.889. The largest absolute Gasteiger partial charge is 0.416 e. The lowest BCUT2D eigenvalue weighted by Crippen LogP contribution is -2.15. The first-order valence-corrected chi connectivity index (χ1v) is 10.7. The van der Waals surface area contributed by atoms with Crippen LogP contribution in [0.25, 0.3) is 10.9 Å². The number of nitrogens with one attached hydrogen (secondary N) is 2. The summed E-state index contributed by atoms with van der Waals surface area (Å²) in [4.78, 5) is 7.09. The number of alkyl halides is 3. The van der Waals surface area contributed by atoms with E-state index in [4.69, 9.17) is 0 Å². The molecule has 3 aromatic rings. The molecule has 4 rings (SSSR count). The molecule has 0 bridgehead atoms. The molecule has 1 aliphatic rings. The van der Waals surface area contributed by atoms with Gasteiger partial charge in [-0.1, -0.05) is 18.2 Å². The first-order valence-electron chi connectivity index (χ1n) is 8.23. The SMILES string of the molecule is O=S(=O)(Nc1cccc2cc(C3=NCCS3)[nH]c12)c1cccc(C(F)(F)F)c1. The van der Waals surface area contributed by atoms with E-state index in [1.165, 1.54) is 0 Å². The first-order chi connectivity index (χ1) is 13.2. The number of sulfonamides is 1. The number of aliphatic imine (C=N–C) groups is 1. The number of halogens is 3. The van der Waals surface area contributed by atoms with Crippen molar-refractivity contribution in [3.63, 3.8) is 0 Å². The number of rotatable bonds is 4. The van der Waals surface area contributed by atoms with Gasteiger partial charge in [0.25, 0.3) is 10.0 Å². The van der Waals surface area contributed by atoms with Gasteiger partial charge in [0, 0.05) is 17.7 Å². The molecule has 0 spiro atoms. The summed E-state index contributed by atoms with van der Waals surface area (Å²) in [5.41, 5.74) is 0.559. The van der Waals surface area contributed by atoms with Crippen molar-refractivity contribution in [2.24, 2.45) is 4.99 Å². The fourth-order valence-corrected chi connectivity index (χ4v) is 4.84. The second-order valence-electron chi connectivity index (χ2n) is 6.12.